The molecule has 1 saturated heterocycles. The molecular formula is C18H22N6O3. The van der Waals surface area contributed by atoms with E-state index in [9.17, 15) is 9.59 Å². The number of carboxylic acids is 1. The summed E-state index contributed by atoms with van der Waals surface area (Å²) in [5, 5.41) is 8.86. The van der Waals surface area contributed by atoms with E-state index in [1.165, 1.54) is 6.20 Å². The van der Waals surface area contributed by atoms with E-state index < -0.39 is 5.97 Å². The molecule has 0 saturated carbocycles. The number of hydrogen-bond donors (Lipinski definition) is 1. The van der Waals surface area contributed by atoms with E-state index in [1.54, 1.807) is 4.90 Å². The number of carbonyl (C=O) groups excluding carboxylic acids is 1. The van der Waals surface area contributed by atoms with Crippen molar-refractivity contribution in [3.8, 4) is 0 Å². The van der Waals surface area contributed by atoms with Gasteiger partial charge in [0.05, 0.1) is 12.4 Å². The van der Waals surface area contributed by atoms with Crippen LogP contribution in [-0.2, 0) is 0 Å². The molecule has 27 heavy (non-hydrogen) atoms. The number of aromatic carboxylic acids is 1. The lowest BCUT2D eigenvalue weighted by molar-refractivity contribution is 0.0684. The van der Waals surface area contributed by atoms with Crippen molar-refractivity contribution in [1.29, 1.82) is 0 Å². The highest BCUT2D eigenvalue weighted by Gasteiger charge is 2.24. The molecular weight excluding hydrogens is 348 g/mol. The molecule has 1 N–H and O–H groups in total. The summed E-state index contributed by atoms with van der Waals surface area (Å²) in [5.41, 5.74) is 0.890. The molecule has 3 rings (SSSR count). The van der Waals surface area contributed by atoms with E-state index in [4.69, 9.17) is 5.11 Å². The molecule has 0 bridgehead atoms. The number of amides is 1. The molecule has 142 valence electrons. The molecule has 3 heterocycles. The van der Waals surface area contributed by atoms with Gasteiger partial charge in [-0.3, -0.25) is 4.79 Å². The van der Waals surface area contributed by atoms with Crippen LogP contribution in [0.3, 0.4) is 0 Å². The van der Waals surface area contributed by atoms with Gasteiger partial charge < -0.3 is 14.9 Å². The van der Waals surface area contributed by atoms with Gasteiger partial charge in [0.2, 0.25) is 0 Å². The summed E-state index contributed by atoms with van der Waals surface area (Å²) in [7, 11) is 0. The van der Waals surface area contributed by atoms with Crippen molar-refractivity contribution in [2.75, 3.05) is 31.1 Å². The smallest absolute Gasteiger partial charge is 0.356 e. The first-order chi connectivity index (χ1) is 12.8. The van der Waals surface area contributed by atoms with Gasteiger partial charge in [-0.05, 0) is 6.92 Å². The van der Waals surface area contributed by atoms with E-state index in [0.29, 0.717) is 26.2 Å². The number of nitrogens with zero attached hydrogens (tertiary/aromatic N) is 6. The molecule has 0 radical (unpaired) electrons. The molecule has 9 nitrogen and oxygen atoms in total. The van der Waals surface area contributed by atoms with Crippen LogP contribution >= 0.6 is 0 Å². The molecule has 1 aliphatic rings. The van der Waals surface area contributed by atoms with Gasteiger partial charge in [0.1, 0.15) is 17.3 Å². The Kier molecular flexibility index (Phi) is 5.29. The summed E-state index contributed by atoms with van der Waals surface area (Å²) < 4.78 is 0. The van der Waals surface area contributed by atoms with E-state index in [2.05, 4.69) is 38.7 Å². The van der Waals surface area contributed by atoms with Gasteiger partial charge in [-0.1, -0.05) is 13.8 Å². The van der Waals surface area contributed by atoms with E-state index in [0.717, 1.165) is 23.5 Å². The van der Waals surface area contributed by atoms with Gasteiger partial charge >= 0.3 is 5.97 Å². The summed E-state index contributed by atoms with van der Waals surface area (Å²) >= 11 is 0. The first-order valence-electron chi connectivity index (χ1n) is 8.80. The minimum atomic E-state index is -1.17. The van der Waals surface area contributed by atoms with E-state index in [-0.39, 0.29) is 23.2 Å². The average molecular weight is 370 g/mol. The van der Waals surface area contributed by atoms with Crippen molar-refractivity contribution in [2.24, 2.45) is 0 Å². The predicted octanol–water partition coefficient (Wildman–Crippen LogP) is 1.36. The molecule has 2 aromatic heterocycles. The zero-order valence-corrected chi connectivity index (χ0v) is 15.6. The number of hydrogen-bond acceptors (Lipinski definition) is 7. The molecule has 9 heteroatoms. The van der Waals surface area contributed by atoms with Crippen LogP contribution in [0.15, 0.2) is 18.5 Å². The first kappa shape index (κ1) is 18.7. The fourth-order valence-electron chi connectivity index (χ4n) is 2.84. The van der Waals surface area contributed by atoms with Crippen molar-refractivity contribution in [2.45, 2.75) is 26.7 Å². The number of aryl methyl sites for hydroxylation is 1. The van der Waals surface area contributed by atoms with Gasteiger partial charge in [-0.15, -0.1) is 0 Å². The fourth-order valence-corrected chi connectivity index (χ4v) is 2.84. The number of anilines is 1. The van der Waals surface area contributed by atoms with Crippen LogP contribution in [0.5, 0.6) is 0 Å². The molecule has 0 aromatic carbocycles. The predicted molar refractivity (Wildman–Crippen MR) is 98.0 cm³/mol. The van der Waals surface area contributed by atoms with Crippen LogP contribution < -0.4 is 4.90 Å². The Hall–Kier alpha value is -3.10. The van der Waals surface area contributed by atoms with Crippen LogP contribution in [0.1, 0.15) is 52.3 Å². The first-order valence-corrected chi connectivity index (χ1v) is 8.80. The Morgan fingerprint density at radius 1 is 1.04 bits per heavy atom. The van der Waals surface area contributed by atoms with E-state index in [1.807, 2.05) is 13.0 Å². The second-order valence-electron chi connectivity index (χ2n) is 6.75. The Morgan fingerprint density at radius 2 is 1.67 bits per heavy atom. The van der Waals surface area contributed by atoms with Gasteiger partial charge in [-0.2, -0.15) is 0 Å². The van der Waals surface area contributed by atoms with Crippen molar-refractivity contribution in [3.05, 3.63) is 41.4 Å². The lowest BCUT2D eigenvalue weighted by atomic mass is 10.2. The van der Waals surface area contributed by atoms with Crippen molar-refractivity contribution >= 4 is 17.7 Å². The van der Waals surface area contributed by atoms with Gasteiger partial charge in [0, 0.05) is 43.9 Å². The van der Waals surface area contributed by atoms with Gasteiger partial charge in [-0.25, -0.2) is 24.7 Å². The standard InChI is InChI=1S/C18H22N6O3/c1-11(2)16-21-12(3)8-15(22-16)23-4-6-24(7-5-23)17(25)13-9-20-14(10-19-13)18(26)27/h8-11H,4-7H2,1-3H3,(H,26,27). The lowest BCUT2D eigenvalue weighted by Crippen LogP contribution is -2.49. The van der Waals surface area contributed by atoms with Crippen LogP contribution in [0.4, 0.5) is 5.82 Å². The summed E-state index contributed by atoms with van der Waals surface area (Å²) in [4.78, 5) is 44.0. The van der Waals surface area contributed by atoms with Crippen molar-refractivity contribution < 1.29 is 14.7 Å². The maximum atomic E-state index is 12.6. The molecule has 1 aliphatic heterocycles. The van der Waals surface area contributed by atoms with Gasteiger partial charge in [0.25, 0.3) is 5.91 Å². The Balaban J connectivity index is 1.66. The minimum Gasteiger partial charge on any atom is -0.476 e. The summed E-state index contributed by atoms with van der Waals surface area (Å²) in [6.07, 6.45) is 2.31. The topological polar surface area (TPSA) is 112 Å². The molecule has 1 fully saturated rings. The highest BCUT2D eigenvalue weighted by Crippen LogP contribution is 2.19. The van der Waals surface area contributed by atoms with Crippen molar-refractivity contribution in [1.82, 2.24) is 24.8 Å². The Bertz CT molecular complexity index is 845. The summed E-state index contributed by atoms with van der Waals surface area (Å²) in [5.74, 6) is 0.525. The Labute approximate surface area is 157 Å². The molecule has 0 atom stereocenters. The zero-order chi connectivity index (χ0) is 19.6. The molecule has 0 unspecified atom stereocenters. The van der Waals surface area contributed by atoms with Crippen molar-refractivity contribution in [3.63, 3.8) is 0 Å². The normalized spacial score (nSPS) is 14.5. The summed E-state index contributed by atoms with van der Waals surface area (Å²) in [6.45, 7) is 8.44. The maximum Gasteiger partial charge on any atom is 0.356 e. The highest BCUT2D eigenvalue weighted by molar-refractivity contribution is 5.93. The number of aromatic nitrogens is 4. The maximum absolute atomic E-state index is 12.6. The zero-order valence-electron chi connectivity index (χ0n) is 15.6. The number of piperazine rings is 1. The van der Waals surface area contributed by atoms with Crippen LogP contribution in [0, 0.1) is 6.92 Å². The second-order valence-corrected chi connectivity index (χ2v) is 6.75. The average Bonchev–Trinajstić information content (AvgIpc) is 2.67. The third-order valence-corrected chi connectivity index (χ3v) is 4.36. The van der Waals surface area contributed by atoms with E-state index >= 15 is 0 Å². The fraction of sp³-hybridized carbons (Fsp3) is 0.444. The summed E-state index contributed by atoms with van der Waals surface area (Å²) in [6, 6.07) is 1.96. The quantitative estimate of drug-likeness (QED) is 0.858. The molecule has 1 amide bonds. The number of rotatable bonds is 4. The number of carboxylic acid groups (broad SMARTS) is 1. The van der Waals surface area contributed by atoms with Crippen LogP contribution in [0.25, 0.3) is 0 Å². The second kappa shape index (κ2) is 7.65. The van der Waals surface area contributed by atoms with Crippen LogP contribution in [-0.4, -0.2) is 68.0 Å². The third kappa shape index (κ3) is 4.18. The Morgan fingerprint density at radius 3 is 2.22 bits per heavy atom. The number of carbonyl (C=O) groups is 2. The van der Waals surface area contributed by atoms with Gasteiger partial charge in [0.15, 0.2) is 5.69 Å². The highest BCUT2D eigenvalue weighted by atomic mass is 16.4. The lowest BCUT2D eigenvalue weighted by Gasteiger charge is -2.35. The third-order valence-electron chi connectivity index (χ3n) is 4.36. The molecule has 0 spiro atoms. The SMILES string of the molecule is Cc1cc(N2CCN(C(=O)c3cnc(C(=O)O)cn3)CC2)nc(C(C)C)n1. The largest absolute Gasteiger partial charge is 0.476 e. The monoisotopic (exact) mass is 370 g/mol. The minimum absolute atomic E-state index is 0.147. The molecule has 0 aliphatic carbocycles. The van der Waals surface area contributed by atoms with Crippen LogP contribution in [0.2, 0.25) is 0 Å². The molecule has 2 aromatic rings.